The van der Waals surface area contributed by atoms with Gasteiger partial charge in [-0.2, -0.15) is 13.2 Å². The van der Waals surface area contributed by atoms with Gasteiger partial charge in [-0.15, -0.1) is 0 Å². The molecule has 2 aliphatic heterocycles. The van der Waals surface area contributed by atoms with E-state index in [-0.39, 0.29) is 37.4 Å². The molecule has 0 atom stereocenters. The molecule has 1 N–H and O–H groups in total. The number of alkyl halides is 5. The average Bonchev–Trinajstić information content (AvgIpc) is 2.79. The number of likely N-dealkylation sites (tertiary alicyclic amines) is 1. The van der Waals surface area contributed by atoms with Crippen LogP contribution in [0.25, 0.3) is 0 Å². The van der Waals surface area contributed by atoms with Gasteiger partial charge in [-0.1, -0.05) is 24.3 Å². The van der Waals surface area contributed by atoms with Crippen LogP contribution in [0.3, 0.4) is 0 Å². The topological polar surface area (TPSA) is 73.0 Å². The highest BCUT2D eigenvalue weighted by Crippen LogP contribution is 2.37. The largest absolute Gasteiger partial charge is 0.416 e. The summed E-state index contributed by atoms with van der Waals surface area (Å²) in [6.07, 6.45) is -7.21. The summed E-state index contributed by atoms with van der Waals surface area (Å²) in [6, 6.07) is 8.77. The van der Waals surface area contributed by atoms with E-state index in [2.05, 4.69) is 5.32 Å². The van der Waals surface area contributed by atoms with Crippen LogP contribution in [-0.4, -0.2) is 59.9 Å². The third-order valence-electron chi connectivity index (χ3n) is 6.24. The molecule has 0 bridgehead atoms. The van der Waals surface area contributed by atoms with E-state index in [1.54, 1.807) is 0 Å². The van der Waals surface area contributed by atoms with Crippen LogP contribution < -0.4 is 10.2 Å². The maximum absolute atomic E-state index is 13.6. The number of nitrogens with one attached hydrogen (secondary N) is 1. The minimum Gasteiger partial charge on any atom is -0.341 e. The molecule has 7 nitrogen and oxygen atoms in total. The van der Waals surface area contributed by atoms with Crippen molar-refractivity contribution in [2.45, 2.75) is 24.7 Å². The molecular formula is C23H21F5N4O3. The number of urea groups is 1. The van der Waals surface area contributed by atoms with E-state index >= 15 is 0 Å². The van der Waals surface area contributed by atoms with Gasteiger partial charge >= 0.3 is 12.2 Å². The fraction of sp³-hybridized carbons (Fsp3) is 0.348. The molecule has 12 heteroatoms. The summed E-state index contributed by atoms with van der Waals surface area (Å²) < 4.78 is 64.6. The molecule has 2 heterocycles. The number of amides is 4. The lowest BCUT2D eigenvalue weighted by atomic mass is 9.83. The first-order chi connectivity index (χ1) is 16.5. The van der Waals surface area contributed by atoms with Crippen LogP contribution in [0.5, 0.6) is 0 Å². The SMILES string of the molecule is CNC(=O)N1CC2(C1)C(=O)N(c1ccc(C(F)F)cc1)CC(=O)N2Cc1ccc(C(F)(F)F)cc1. The van der Waals surface area contributed by atoms with Crippen molar-refractivity contribution >= 4 is 23.5 Å². The molecule has 2 fully saturated rings. The molecule has 35 heavy (non-hydrogen) atoms. The van der Waals surface area contributed by atoms with Crippen molar-refractivity contribution in [3.8, 4) is 0 Å². The average molecular weight is 496 g/mol. The van der Waals surface area contributed by atoms with Crippen molar-refractivity contribution in [3.63, 3.8) is 0 Å². The highest BCUT2D eigenvalue weighted by atomic mass is 19.4. The number of rotatable bonds is 4. The number of anilines is 1. The molecule has 0 aromatic heterocycles. The van der Waals surface area contributed by atoms with Gasteiger partial charge in [0.25, 0.3) is 12.3 Å². The predicted molar refractivity (Wildman–Crippen MR) is 115 cm³/mol. The van der Waals surface area contributed by atoms with Gasteiger partial charge in [0, 0.05) is 24.8 Å². The predicted octanol–water partition coefficient (Wildman–Crippen LogP) is 3.41. The van der Waals surface area contributed by atoms with Crippen LogP contribution in [0.15, 0.2) is 48.5 Å². The van der Waals surface area contributed by atoms with Gasteiger partial charge in [0.15, 0.2) is 5.54 Å². The fourth-order valence-electron chi connectivity index (χ4n) is 4.32. The van der Waals surface area contributed by atoms with Crippen molar-refractivity contribution in [1.82, 2.24) is 15.1 Å². The minimum absolute atomic E-state index is 0.122. The van der Waals surface area contributed by atoms with Crippen molar-refractivity contribution < 1.29 is 36.3 Å². The first-order valence-corrected chi connectivity index (χ1v) is 10.6. The van der Waals surface area contributed by atoms with Gasteiger partial charge in [-0.05, 0) is 29.8 Å². The molecule has 0 radical (unpaired) electrons. The zero-order chi connectivity index (χ0) is 25.5. The molecule has 2 aromatic rings. The van der Waals surface area contributed by atoms with Crippen LogP contribution in [0.4, 0.5) is 32.4 Å². The Morgan fingerprint density at radius 2 is 1.63 bits per heavy atom. The maximum atomic E-state index is 13.6. The van der Waals surface area contributed by atoms with E-state index in [0.717, 1.165) is 24.3 Å². The van der Waals surface area contributed by atoms with Crippen molar-refractivity contribution in [1.29, 1.82) is 0 Å². The van der Waals surface area contributed by atoms with Crippen molar-refractivity contribution in [2.24, 2.45) is 0 Å². The van der Waals surface area contributed by atoms with Crippen LogP contribution >= 0.6 is 0 Å². The smallest absolute Gasteiger partial charge is 0.341 e. The van der Waals surface area contributed by atoms with Crippen molar-refractivity contribution in [2.75, 3.05) is 31.6 Å². The Hall–Kier alpha value is -3.70. The van der Waals surface area contributed by atoms with Gasteiger partial charge < -0.3 is 20.0 Å². The normalized spacial score (nSPS) is 17.7. The Morgan fingerprint density at radius 1 is 1.03 bits per heavy atom. The lowest BCUT2D eigenvalue weighted by Gasteiger charge is -2.57. The van der Waals surface area contributed by atoms with E-state index < -0.39 is 41.5 Å². The van der Waals surface area contributed by atoms with Gasteiger partial charge in [-0.25, -0.2) is 13.6 Å². The molecule has 2 saturated heterocycles. The summed E-state index contributed by atoms with van der Waals surface area (Å²) in [4.78, 5) is 42.7. The van der Waals surface area contributed by atoms with Crippen LogP contribution in [0.2, 0.25) is 0 Å². The van der Waals surface area contributed by atoms with Gasteiger partial charge in [-0.3, -0.25) is 9.59 Å². The fourth-order valence-corrected chi connectivity index (χ4v) is 4.32. The summed E-state index contributed by atoms with van der Waals surface area (Å²) in [7, 11) is 1.41. The number of halogens is 5. The van der Waals surface area contributed by atoms with Crippen LogP contribution in [0.1, 0.15) is 23.1 Å². The lowest BCUT2D eigenvalue weighted by molar-refractivity contribution is -0.161. The molecule has 0 unspecified atom stereocenters. The molecule has 186 valence electrons. The number of nitrogens with zero attached hydrogens (tertiary/aromatic N) is 3. The number of carbonyl (C=O) groups is 3. The summed E-state index contributed by atoms with van der Waals surface area (Å²) >= 11 is 0. The second-order valence-electron chi connectivity index (χ2n) is 8.40. The number of piperazine rings is 1. The van der Waals surface area contributed by atoms with E-state index in [4.69, 9.17) is 0 Å². The highest BCUT2D eigenvalue weighted by molar-refractivity contribution is 6.10. The molecule has 0 aliphatic carbocycles. The monoisotopic (exact) mass is 496 g/mol. The molecular weight excluding hydrogens is 475 g/mol. The molecule has 0 saturated carbocycles. The zero-order valence-corrected chi connectivity index (χ0v) is 18.5. The number of hydrogen-bond acceptors (Lipinski definition) is 3. The van der Waals surface area contributed by atoms with E-state index in [0.29, 0.717) is 5.56 Å². The summed E-state index contributed by atoms with van der Waals surface area (Å²) in [5.74, 6) is -0.993. The molecule has 2 aliphatic rings. The quantitative estimate of drug-likeness (QED) is 0.660. The molecule has 4 amide bonds. The third-order valence-corrected chi connectivity index (χ3v) is 6.24. The Balaban J connectivity index is 1.64. The lowest BCUT2D eigenvalue weighted by Crippen LogP contribution is -2.81. The van der Waals surface area contributed by atoms with Gasteiger partial charge in [0.1, 0.15) is 6.54 Å². The van der Waals surface area contributed by atoms with E-state index in [1.807, 2.05) is 0 Å². The Morgan fingerprint density at radius 3 is 2.14 bits per heavy atom. The first-order valence-electron chi connectivity index (χ1n) is 10.6. The standard InChI is InChI=1S/C23H21F5N4O3/c1-29-21(35)30-12-22(13-30)20(34)31(17-8-4-15(5-9-17)19(24)25)11-18(33)32(22)10-14-2-6-16(7-3-14)23(26,27)28/h2-9,19H,10-13H2,1H3,(H,29,35). The Kier molecular flexibility index (Phi) is 6.16. The summed E-state index contributed by atoms with van der Waals surface area (Å²) in [6.45, 7) is -0.759. The third kappa shape index (κ3) is 4.40. The Labute approximate surface area is 197 Å². The van der Waals surface area contributed by atoms with Crippen molar-refractivity contribution in [3.05, 3.63) is 65.2 Å². The highest BCUT2D eigenvalue weighted by Gasteiger charge is 2.60. The molecule has 4 rings (SSSR count). The van der Waals surface area contributed by atoms with E-state index in [1.165, 1.54) is 46.0 Å². The summed E-state index contributed by atoms with van der Waals surface area (Å²) in [5.41, 5.74) is -1.89. The Bertz CT molecular complexity index is 1130. The minimum atomic E-state index is -4.51. The molecule has 2 aromatic carbocycles. The number of carbonyl (C=O) groups excluding carboxylic acids is 3. The van der Waals surface area contributed by atoms with Gasteiger partial charge in [0.05, 0.1) is 18.7 Å². The maximum Gasteiger partial charge on any atom is 0.416 e. The second-order valence-corrected chi connectivity index (χ2v) is 8.40. The van der Waals surface area contributed by atoms with Crippen LogP contribution in [-0.2, 0) is 22.3 Å². The second kappa shape index (κ2) is 8.82. The zero-order valence-electron chi connectivity index (χ0n) is 18.5. The molecule has 1 spiro atoms. The first kappa shape index (κ1) is 24.4. The van der Waals surface area contributed by atoms with Crippen LogP contribution in [0, 0.1) is 0 Å². The van der Waals surface area contributed by atoms with E-state index in [9.17, 15) is 36.3 Å². The number of benzene rings is 2. The summed E-state index contributed by atoms with van der Waals surface area (Å²) in [5, 5.41) is 2.44. The number of hydrogen-bond donors (Lipinski definition) is 1. The van der Waals surface area contributed by atoms with Gasteiger partial charge in [0.2, 0.25) is 5.91 Å².